The molecule has 2 N–H and O–H groups in total. The first-order valence-electron chi connectivity index (χ1n) is 11.4. The smallest absolute Gasteiger partial charge is 0.407 e. The van der Waals surface area contributed by atoms with Gasteiger partial charge in [-0.15, -0.1) is 0 Å². The van der Waals surface area contributed by atoms with Gasteiger partial charge in [0.2, 0.25) is 16.0 Å². The molecule has 4 rings (SSSR count). The summed E-state index contributed by atoms with van der Waals surface area (Å²) in [5.74, 6) is 0.320. The summed E-state index contributed by atoms with van der Waals surface area (Å²) in [5.41, 5.74) is 0.639. The van der Waals surface area contributed by atoms with Crippen molar-refractivity contribution in [3.05, 3.63) is 41.7 Å². The Morgan fingerprint density at radius 3 is 2.41 bits per heavy atom. The van der Waals surface area contributed by atoms with Gasteiger partial charge in [-0.2, -0.15) is 4.31 Å². The molecule has 0 unspecified atom stereocenters. The molecule has 2 fully saturated rings. The fourth-order valence-corrected chi connectivity index (χ4v) is 6.27. The highest BCUT2D eigenvalue weighted by Gasteiger charge is 2.35. The van der Waals surface area contributed by atoms with Crippen LogP contribution in [0.3, 0.4) is 0 Å². The molecule has 1 amide bonds. The summed E-state index contributed by atoms with van der Waals surface area (Å²) in [5, 5.41) is 12.6. The van der Waals surface area contributed by atoms with Crippen LogP contribution in [0.5, 0.6) is 0 Å². The standard InChI is InChI=1S/C22H29ClN6O4S/c23-20-7-10-24-21(26-20)25-17-3-5-19(6-4-17)34(32,33)29(16-15-27-11-1-2-12-27)18-8-13-28(14-9-18)22(30)31/h3-7,10,18H,1-2,8-9,11-16H2,(H,30,31)(H,24,25,26). The van der Waals surface area contributed by atoms with Crippen LogP contribution in [0, 0.1) is 0 Å². The van der Waals surface area contributed by atoms with Crippen LogP contribution >= 0.6 is 11.6 Å². The Labute approximate surface area is 204 Å². The average Bonchev–Trinajstić information content (AvgIpc) is 3.33. The van der Waals surface area contributed by atoms with Gasteiger partial charge < -0.3 is 20.2 Å². The van der Waals surface area contributed by atoms with Gasteiger partial charge in [0, 0.05) is 44.1 Å². The van der Waals surface area contributed by atoms with E-state index in [-0.39, 0.29) is 10.9 Å². The number of piperidine rings is 1. The zero-order valence-electron chi connectivity index (χ0n) is 18.8. The normalized spacial score (nSPS) is 17.9. The van der Waals surface area contributed by atoms with Crippen molar-refractivity contribution >= 4 is 39.4 Å². The van der Waals surface area contributed by atoms with Crippen LogP contribution in [0.2, 0.25) is 5.15 Å². The summed E-state index contributed by atoms with van der Waals surface area (Å²) in [6.07, 6.45) is 3.80. The predicted molar refractivity (Wildman–Crippen MR) is 129 cm³/mol. The first-order valence-corrected chi connectivity index (χ1v) is 13.2. The summed E-state index contributed by atoms with van der Waals surface area (Å²) in [6.45, 7) is 3.69. The molecule has 10 nitrogen and oxygen atoms in total. The van der Waals surface area contributed by atoms with E-state index < -0.39 is 16.1 Å². The molecule has 2 aromatic rings. The summed E-state index contributed by atoms with van der Waals surface area (Å²) in [7, 11) is -3.77. The zero-order chi connectivity index (χ0) is 24.1. The van der Waals surface area contributed by atoms with Crippen molar-refractivity contribution in [1.29, 1.82) is 0 Å². The van der Waals surface area contributed by atoms with Crippen molar-refractivity contribution in [2.75, 3.05) is 44.6 Å². The molecule has 0 atom stereocenters. The van der Waals surface area contributed by atoms with Gasteiger partial charge in [-0.05, 0) is 69.1 Å². The Balaban J connectivity index is 1.50. The minimum Gasteiger partial charge on any atom is -0.465 e. The molecule has 184 valence electrons. The van der Waals surface area contributed by atoms with Gasteiger partial charge in [0.05, 0.1) is 4.90 Å². The topological polar surface area (TPSA) is 119 Å². The number of aromatic nitrogens is 2. The predicted octanol–water partition coefficient (Wildman–Crippen LogP) is 3.10. The quantitative estimate of drug-likeness (QED) is 0.522. The average molecular weight is 509 g/mol. The maximum Gasteiger partial charge on any atom is 0.407 e. The van der Waals surface area contributed by atoms with E-state index in [1.54, 1.807) is 34.6 Å². The Kier molecular flexibility index (Phi) is 7.87. The molecule has 0 spiro atoms. The molecule has 3 heterocycles. The van der Waals surface area contributed by atoms with Crippen molar-refractivity contribution in [3.63, 3.8) is 0 Å². The van der Waals surface area contributed by atoms with Crippen LogP contribution in [0.4, 0.5) is 16.4 Å². The van der Waals surface area contributed by atoms with E-state index in [9.17, 15) is 18.3 Å². The molecule has 12 heteroatoms. The highest BCUT2D eigenvalue weighted by atomic mass is 35.5. The molecule has 2 aliphatic rings. The Morgan fingerprint density at radius 1 is 1.12 bits per heavy atom. The second-order valence-corrected chi connectivity index (χ2v) is 10.8. The number of anilines is 2. The van der Waals surface area contributed by atoms with Crippen molar-refractivity contribution in [1.82, 2.24) is 24.1 Å². The zero-order valence-corrected chi connectivity index (χ0v) is 20.4. The lowest BCUT2D eigenvalue weighted by atomic mass is 10.1. The van der Waals surface area contributed by atoms with Crippen molar-refractivity contribution in [3.8, 4) is 0 Å². The number of halogens is 1. The molecule has 2 aliphatic heterocycles. The second kappa shape index (κ2) is 10.9. The van der Waals surface area contributed by atoms with E-state index in [2.05, 4.69) is 20.2 Å². The van der Waals surface area contributed by atoms with E-state index in [0.29, 0.717) is 55.8 Å². The lowest BCUT2D eigenvalue weighted by Crippen LogP contribution is -2.50. The molecule has 0 saturated carbocycles. The van der Waals surface area contributed by atoms with Crippen molar-refractivity contribution in [2.24, 2.45) is 0 Å². The molecule has 1 aromatic heterocycles. The molecule has 34 heavy (non-hydrogen) atoms. The van der Waals surface area contributed by atoms with Crippen LogP contribution in [-0.2, 0) is 10.0 Å². The number of hydrogen-bond donors (Lipinski definition) is 2. The number of sulfonamides is 1. The summed E-state index contributed by atoms with van der Waals surface area (Å²) in [6, 6.07) is 7.81. The van der Waals surface area contributed by atoms with E-state index in [1.165, 1.54) is 11.1 Å². The summed E-state index contributed by atoms with van der Waals surface area (Å²) in [4.78, 5) is 23.3. The molecular formula is C22H29ClN6O4S. The van der Waals surface area contributed by atoms with Crippen LogP contribution in [0.25, 0.3) is 0 Å². The Hall–Kier alpha value is -2.47. The lowest BCUT2D eigenvalue weighted by molar-refractivity contribution is 0.116. The van der Waals surface area contributed by atoms with E-state index >= 15 is 0 Å². The van der Waals surface area contributed by atoms with Gasteiger partial charge in [-0.1, -0.05) is 11.6 Å². The van der Waals surface area contributed by atoms with Gasteiger partial charge in [0.15, 0.2) is 0 Å². The molecular weight excluding hydrogens is 480 g/mol. The number of benzene rings is 1. The number of hydrogen-bond acceptors (Lipinski definition) is 7. The van der Waals surface area contributed by atoms with Crippen LogP contribution in [-0.4, -0.2) is 89.0 Å². The first-order chi connectivity index (χ1) is 16.3. The molecule has 0 radical (unpaired) electrons. The van der Waals surface area contributed by atoms with Crippen LogP contribution in [0.15, 0.2) is 41.4 Å². The third kappa shape index (κ3) is 5.96. The number of amides is 1. The lowest BCUT2D eigenvalue weighted by Gasteiger charge is -2.37. The molecule has 2 saturated heterocycles. The minimum absolute atomic E-state index is 0.201. The highest BCUT2D eigenvalue weighted by molar-refractivity contribution is 7.89. The minimum atomic E-state index is -3.77. The van der Waals surface area contributed by atoms with Crippen LogP contribution < -0.4 is 5.32 Å². The fourth-order valence-electron chi connectivity index (χ4n) is 4.46. The van der Waals surface area contributed by atoms with Gasteiger partial charge in [-0.3, -0.25) is 0 Å². The highest BCUT2D eigenvalue weighted by Crippen LogP contribution is 2.26. The number of carboxylic acid groups (broad SMARTS) is 1. The largest absolute Gasteiger partial charge is 0.465 e. The summed E-state index contributed by atoms with van der Waals surface area (Å²) < 4.78 is 28.9. The SMILES string of the molecule is O=C(O)N1CCC(N(CCN2CCCC2)S(=O)(=O)c2ccc(Nc3nccc(Cl)n3)cc2)CC1. The summed E-state index contributed by atoms with van der Waals surface area (Å²) >= 11 is 5.89. The van der Waals surface area contributed by atoms with Gasteiger partial charge in [0.25, 0.3) is 0 Å². The Morgan fingerprint density at radius 2 is 1.79 bits per heavy atom. The second-order valence-electron chi connectivity index (χ2n) is 8.52. The molecule has 1 aromatic carbocycles. The van der Waals surface area contributed by atoms with Crippen molar-refractivity contribution < 1.29 is 18.3 Å². The van der Waals surface area contributed by atoms with Gasteiger partial charge in [0.1, 0.15) is 5.15 Å². The van der Waals surface area contributed by atoms with E-state index in [1.807, 2.05) is 0 Å². The number of nitrogens with zero attached hydrogens (tertiary/aromatic N) is 5. The number of likely N-dealkylation sites (tertiary alicyclic amines) is 2. The molecule has 0 aliphatic carbocycles. The third-order valence-corrected chi connectivity index (χ3v) is 8.49. The Bertz CT molecular complexity index is 1090. The third-order valence-electron chi connectivity index (χ3n) is 6.32. The van der Waals surface area contributed by atoms with Crippen LogP contribution in [0.1, 0.15) is 25.7 Å². The monoisotopic (exact) mass is 508 g/mol. The van der Waals surface area contributed by atoms with E-state index in [0.717, 1.165) is 25.9 Å². The maximum atomic E-state index is 13.7. The number of rotatable bonds is 8. The maximum absolute atomic E-state index is 13.7. The first kappa shape index (κ1) is 24.6. The van der Waals surface area contributed by atoms with Gasteiger partial charge in [-0.25, -0.2) is 23.2 Å². The molecule has 0 bridgehead atoms. The number of carbonyl (C=O) groups is 1. The number of nitrogens with one attached hydrogen (secondary N) is 1. The van der Waals surface area contributed by atoms with E-state index in [4.69, 9.17) is 11.6 Å². The fraction of sp³-hybridized carbons (Fsp3) is 0.500. The van der Waals surface area contributed by atoms with Gasteiger partial charge >= 0.3 is 6.09 Å². The van der Waals surface area contributed by atoms with Crippen molar-refractivity contribution in [2.45, 2.75) is 36.6 Å².